The lowest BCUT2D eigenvalue weighted by Crippen LogP contribution is -2.39. The summed E-state index contributed by atoms with van der Waals surface area (Å²) in [5, 5.41) is 0. The highest BCUT2D eigenvalue weighted by Gasteiger charge is 2.35. The topological polar surface area (TPSA) is 32.5 Å². The minimum absolute atomic E-state index is 0.822. The Morgan fingerprint density at radius 1 is 0.895 bits per heavy atom. The zero-order chi connectivity index (χ0) is 13.2. The van der Waals surface area contributed by atoms with Gasteiger partial charge in [0.05, 0.1) is 0 Å². The first-order valence-corrected chi connectivity index (χ1v) is 8.40. The fourth-order valence-electron chi connectivity index (χ4n) is 4.56. The standard InChI is InChI=1S/C16H31N3/c1-18-15-6-7-16(18)12-19(9-8-15)11-14-4-2-13(10-17)3-5-14/h13-16H,2-12,17H2,1H3. The summed E-state index contributed by atoms with van der Waals surface area (Å²) < 4.78 is 0. The minimum Gasteiger partial charge on any atom is -0.330 e. The first-order valence-electron chi connectivity index (χ1n) is 8.40. The second kappa shape index (κ2) is 6.11. The van der Waals surface area contributed by atoms with Gasteiger partial charge in [-0.05, 0) is 76.9 Å². The third kappa shape index (κ3) is 3.14. The second-order valence-electron chi connectivity index (χ2n) is 7.22. The first-order chi connectivity index (χ1) is 9.26. The molecule has 0 spiro atoms. The van der Waals surface area contributed by atoms with Crippen LogP contribution < -0.4 is 5.73 Å². The van der Waals surface area contributed by atoms with Crippen molar-refractivity contribution in [3.63, 3.8) is 0 Å². The van der Waals surface area contributed by atoms with Gasteiger partial charge in [-0.2, -0.15) is 0 Å². The van der Waals surface area contributed by atoms with Crippen molar-refractivity contribution < 1.29 is 0 Å². The van der Waals surface area contributed by atoms with Gasteiger partial charge in [0.15, 0.2) is 0 Å². The summed E-state index contributed by atoms with van der Waals surface area (Å²) in [5.41, 5.74) is 5.79. The van der Waals surface area contributed by atoms with Gasteiger partial charge in [0, 0.05) is 25.2 Å². The molecule has 2 aliphatic heterocycles. The zero-order valence-electron chi connectivity index (χ0n) is 12.6. The molecule has 0 aromatic rings. The van der Waals surface area contributed by atoms with Crippen molar-refractivity contribution in [3.8, 4) is 0 Å². The lowest BCUT2D eigenvalue weighted by atomic mass is 9.82. The van der Waals surface area contributed by atoms with Crippen LogP contribution in [-0.4, -0.2) is 55.1 Å². The highest BCUT2D eigenvalue weighted by molar-refractivity contribution is 4.91. The molecule has 3 fully saturated rings. The van der Waals surface area contributed by atoms with Crippen LogP contribution in [0.2, 0.25) is 0 Å². The normalized spacial score (nSPS) is 41.4. The van der Waals surface area contributed by atoms with Crippen LogP contribution in [0.1, 0.15) is 44.9 Å². The number of rotatable bonds is 3. The quantitative estimate of drug-likeness (QED) is 0.846. The van der Waals surface area contributed by atoms with Gasteiger partial charge in [0.25, 0.3) is 0 Å². The monoisotopic (exact) mass is 265 g/mol. The van der Waals surface area contributed by atoms with Crippen LogP contribution in [0.4, 0.5) is 0 Å². The van der Waals surface area contributed by atoms with E-state index in [9.17, 15) is 0 Å². The average Bonchev–Trinajstić information content (AvgIpc) is 2.68. The average molecular weight is 265 g/mol. The number of hydrogen-bond donors (Lipinski definition) is 1. The van der Waals surface area contributed by atoms with Crippen LogP contribution in [0.5, 0.6) is 0 Å². The molecule has 3 heteroatoms. The van der Waals surface area contributed by atoms with Gasteiger partial charge >= 0.3 is 0 Å². The Hall–Kier alpha value is -0.120. The Morgan fingerprint density at radius 2 is 1.58 bits per heavy atom. The van der Waals surface area contributed by atoms with Crippen LogP contribution in [0, 0.1) is 11.8 Å². The van der Waals surface area contributed by atoms with Crippen molar-refractivity contribution in [2.45, 2.75) is 57.0 Å². The molecule has 2 bridgehead atoms. The Balaban J connectivity index is 1.48. The first kappa shape index (κ1) is 13.8. The molecule has 2 unspecified atom stereocenters. The molecule has 0 radical (unpaired) electrons. The van der Waals surface area contributed by atoms with Crippen LogP contribution >= 0.6 is 0 Å². The maximum Gasteiger partial charge on any atom is 0.0223 e. The van der Waals surface area contributed by atoms with Gasteiger partial charge < -0.3 is 10.6 Å². The Kier molecular flexibility index (Phi) is 4.45. The largest absolute Gasteiger partial charge is 0.330 e. The molecule has 19 heavy (non-hydrogen) atoms. The SMILES string of the molecule is CN1C2CCC1CN(CC1CCC(CN)CC1)CC2. The molecule has 1 aliphatic carbocycles. The molecule has 0 aromatic carbocycles. The molecule has 2 saturated heterocycles. The van der Waals surface area contributed by atoms with Crippen LogP contribution in [0.3, 0.4) is 0 Å². The maximum atomic E-state index is 5.79. The van der Waals surface area contributed by atoms with Crippen molar-refractivity contribution in [2.75, 3.05) is 33.2 Å². The van der Waals surface area contributed by atoms with E-state index in [1.54, 1.807) is 0 Å². The number of likely N-dealkylation sites (N-methyl/N-ethyl adjacent to an activating group) is 1. The van der Waals surface area contributed by atoms with E-state index >= 15 is 0 Å². The molecule has 3 aliphatic rings. The molecule has 1 saturated carbocycles. The van der Waals surface area contributed by atoms with E-state index in [0.29, 0.717) is 0 Å². The molecule has 110 valence electrons. The lowest BCUT2D eigenvalue weighted by Gasteiger charge is -2.33. The second-order valence-corrected chi connectivity index (χ2v) is 7.22. The van der Waals surface area contributed by atoms with Crippen LogP contribution in [-0.2, 0) is 0 Å². The third-order valence-corrected chi connectivity index (χ3v) is 6.05. The summed E-state index contributed by atoms with van der Waals surface area (Å²) in [4.78, 5) is 5.43. The predicted molar refractivity (Wildman–Crippen MR) is 80.1 cm³/mol. The number of hydrogen-bond acceptors (Lipinski definition) is 3. The highest BCUT2D eigenvalue weighted by atomic mass is 15.3. The molecular formula is C16H31N3. The third-order valence-electron chi connectivity index (χ3n) is 6.05. The van der Waals surface area contributed by atoms with Crippen LogP contribution in [0.25, 0.3) is 0 Å². The minimum atomic E-state index is 0.822. The summed E-state index contributed by atoms with van der Waals surface area (Å²) in [5.74, 6) is 1.77. The van der Waals surface area contributed by atoms with E-state index < -0.39 is 0 Å². The molecule has 0 amide bonds. The van der Waals surface area contributed by atoms with E-state index in [4.69, 9.17) is 5.73 Å². The van der Waals surface area contributed by atoms with Crippen LogP contribution in [0.15, 0.2) is 0 Å². The summed E-state index contributed by atoms with van der Waals surface area (Å²) in [6.07, 6.45) is 9.85. The van der Waals surface area contributed by atoms with E-state index in [1.165, 1.54) is 64.6 Å². The number of nitrogens with two attached hydrogens (primary N) is 1. The fraction of sp³-hybridized carbons (Fsp3) is 1.00. The Morgan fingerprint density at radius 3 is 2.32 bits per heavy atom. The van der Waals surface area contributed by atoms with Crippen molar-refractivity contribution >= 4 is 0 Å². The highest BCUT2D eigenvalue weighted by Crippen LogP contribution is 2.32. The van der Waals surface area contributed by atoms with Crippen molar-refractivity contribution in [1.82, 2.24) is 9.80 Å². The summed E-state index contributed by atoms with van der Waals surface area (Å²) in [6, 6.07) is 1.72. The van der Waals surface area contributed by atoms with Crippen molar-refractivity contribution in [3.05, 3.63) is 0 Å². The summed E-state index contributed by atoms with van der Waals surface area (Å²) in [7, 11) is 2.35. The molecule has 2 heterocycles. The van der Waals surface area contributed by atoms with Gasteiger partial charge in [-0.25, -0.2) is 0 Å². The molecule has 3 rings (SSSR count). The van der Waals surface area contributed by atoms with Gasteiger partial charge in [-0.3, -0.25) is 4.90 Å². The van der Waals surface area contributed by atoms with Gasteiger partial charge in [0.2, 0.25) is 0 Å². The number of likely N-dealkylation sites (tertiary alicyclic amines) is 1. The fourth-order valence-corrected chi connectivity index (χ4v) is 4.56. The van der Waals surface area contributed by atoms with Gasteiger partial charge in [0.1, 0.15) is 0 Å². The predicted octanol–water partition coefficient (Wildman–Crippen LogP) is 1.92. The maximum absolute atomic E-state index is 5.79. The molecule has 3 nitrogen and oxygen atoms in total. The summed E-state index contributed by atoms with van der Waals surface area (Å²) in [6.45, 7) is 4.92. The molecule has 2 atom stereocenters. The van der Waals surface area contributed by atoms with Gasteiger partial charge in [-0.15, -0.1) is 0 Å². The van der Waals surface area contributed by atoms with Crippen molar-refractivity contribution in [2.24, 2.45) is 17.6 Å². The van der Waals surface area contributed by atoms with E-state index in [1.807, 2.05) is 0 Å². The molecule has 0 aromatic heterocycles. The Labute approximate surface area is 118 Å². The summed E-state index contributed by atoms with van der Waals surface area (Å²) >= 11 is 0. The van der Waals surface area contributed by atoms with Crippen molar-refractivity contribution in [1.29, 1.82) is 0 Å². The zero-order valence-corrected chi connectivity index (χ0v) is 12.6. The van der Waals surface area contributed by atoms with E-state index in [-0.39, 0.29) is 0 Å². The van der Waals surface area contributed by atoms with Gasteiger partial charge in [-0.1, -0.05) is 0 Å². The number of fused-ring (bicyclic) bond motifs is 2. The van der Waals surface area contributed by atoms with E-state index in [2.05, 4.69) is 16.8 Å². The smallest absolute Gasteiger partial charge is 0.0223 e. The number of nitrogens with zero attached hydrogens (tertiary/aromatic N) is 2. The molecular weight excluding hydrogens is 234 g/mol. The van der Waals surface area contributed by atoms with E-state index in [0.717, 1.165) is 30.5 Å². The Bertz CT molecular complexity index is 286. The molecule has 2 N–H and O–H groups in total. The lowest BCUT2D eigenvalue weighted by molar-refractivity contribution is 0.166.